The van der Waals surface area contributed by atoms with Crippen LogP contribution in [0.15, 0.2) is 48.5 Å². The molecule has 3 heteroatoms. The minimum atomic E-state index is -0.214. The lowest BCUT2D eigenvalue weighted by atomic mass is 9.98. The van der Waals surface area contributed by atoms with E-state index in [4.69, 9.17) is 5.73 Å². The van der Waals surface area contributed by atoms with Gasteiger partial charge in [-0.2, -0.15) is 0 Å². The van der Waals surface area contributed by atoms with Crippen LogP contribution >= 0.6 is 0 Å². The largest absolute Gasteiger partial charge is 0.399 e. The fourth-order valence-corrected chi connectivity index (χ4v) is 1.95. The number of benzene rings is 2. The van der Waals surface area contributed by atoms with E-state index in [0.29, 0.717) is 11.3 Å². The average molecular weight is 230 g/mol. The molecule has 2 rings (SSSR count). The van der Waals surface area contributed by atoms with Crippen molar-refractivity contribution in [1.29, 1.82) is 0 Å². The molecule has 2 aromatic carbocycles. The Kier molecular flexibility index (Phi) is 3.40. The molecule has 0 aliphatic rings. The number of hydrogen-bond acceptors (Lipinski definition) is 2. The monoisotopic (exact) mass is 230 g/mol. The third kappa shape index (κ3) is 2.45. The Balaban J connectivity index is 2.44. The zero-order valence-corrected chi connectivity index (χ0v) is 9.65. The molecule has 0 bridgehead atoms. The van der Waals surface area contributed by atoms with Crippen LogP contribution in [0.1, 0.15) is 17.2 Å². The second-order valence-electron chi connectivity index (χ2n) is 3.91. The van der Waals surface area contributed by atoms with Gasteiger partial charge in [-0.25, -0.2) is 4.39 Å². The van der Waals surface area contributed by atoms with Crippen LogP contribution in [0.4, 0.5) is 10.1 Å². The van der Waals surface area contributed by atoms with Gasteiger partial charge in [0.05, 0.1) is 6.04 Å². The first-order valence-corrected chi connectivity index (χ1v) is 5.49. The van der Waals surface area contributed by atoms with Crippen molar-refractivity contribution in [3.63, 3.8) is 0 Å². The number of anilines is 1. The van der Waals surface area contributed by atoms with Gasteiger partial charge in [-0.05, 0) is 30.8 Å². The van der Waals surface area contributed by atoms with E-state index >= 15 is 0 Å². The predicted octanol–water partition coefficient (Wildman–Crippen LogP) is 2.72. The molecule has 0 saturated heterocycles. The summed E-state index contributed by atoms with van der Waals surface area (Å²) in [6.45, 7) is 0. The summed E-state index contributed by atoms with van der Waals surface area (Å²) in [7, 11) is 1.81. The van der Waals surface area contributed by atoms with Crippen LogP contribution in [0.3, 0.4) is 0 Å². The van der Waals surface area contributed by atoms with Gasteiger partial charge in [-0.15, -0.1) is 0 Å². The second-order valence-corrected chi connectivity index (χ2v) is 3.91. The molecule has 0 fully saturated rings. The van der Waals surface area contributed by atoms with Crippen molar-refractivity contribution in [3.05, 3.63) is 65.5 Å². The molecule has 2 nitrogen and oxygen atoms in total. The zero-order chi connectivity index (χ0) is 12.3. The van der Waals surface area contributed by atoms with E-state index in [9.17, 15) is 4.39 Å². The van der Waals surface area contributed by atoms with E-state index in [1.54, 1.807) is 19.2 Å². The van der Waals surface area contributed by atoms with Gasteiger partial charge in [-0.1, -0.05) is 30.3 Å². The van der Waals surface area contributed by atoms with Gasteiger partial charge < -0.3 is 11.1 Å². The van der Waals surface area contributed by atoms with Crippen LogP contribution < -0.4 is 11.1 Å². The van der Waals surface area contributed by atoms with Crippen LogP contribution in [-0.4, -0.2) is 7.05 Å². The molecule has 2 aromatic rings. The second kappa shape index (κ2) is 4.97. The van der Waals surface area contributed by atoms with Crippen LogP contribution in [0.2, 0.25) is 0 Å². The molecule has 0 amide bonds. The third-order valence-corrected chi connectivity index (χ3v) is 2.75. The van der Waals surface area contributed by atoms with Gasteiger partial charge in [0.1, 0.15) is 5.82 Å². The van der Waals surface area contributed by atoms with Gasteiger partial charge in [0, 0.05) is 11.3 Å². The van der Waals surface area contributed by atoms with Crippen molar-refractivity contribution in [2.75, 3.05) is 12.8 Å². The molecule has 0 aromatic heterocycles. The van der Waals surface area contributed by atoms with Gasteiger partial charge in [0.2, 0.25) is 0 Å². The fourth-order valence-electron chi connectivity index (χ4n) is 1.95. The molecular weight excluding hydrogens is 215 g/mol. The zero-order valence-electron chi connectivity index (χ0n) is 9.65. The summed E-state index contributed by atoms with van der Waals surface area (Å²) in [5.41, 5.74) is 8.01. The molecule has 0 radical (unpaired) electrons. The quantitative estimate of drug-likeness (QED) is 0.796. The summed E-state index contributed by atoms with van der Waals surface area (Å²) < 4.78 is 13.7. The first-order valence-electron chi connectivity index (χ1n) is 5.49. The van der Waals surface area contributed by atoms with Crippen molar-refractivity contribution in [2.45, 2.75) is 6.04 Å². The van der Waals surface area contributed by atoms with E-state index < -0.39 is 0 Å². The lowest BCUT2D eigenvalue weighted by Gasteiger charge is -2.18. The SMILES string of the molecule is CNC(c1cccc(N)c1)c1ccccc1F. The molecule has 1 unspecified atom stereocenters. The number of halogens is 1. The Bertz CT molecular complexity index is 511. The van der Waals surface area contributed by atoms with Crippen molar-refractivity contribution in [3.8, 4) is 0 Å². The minimum absolute atomic E-state index is 0.181. The highest BCUT2D eigenvalue weighted by Gasteiger charge is 2.15. The number of nitrogen functional groups attached to an aromatic ring is 1. The smallest absolute Gasteiger partial charge is 0.128 e. The molecule has 0 spiro atoms. The molecular formula is C14H15FN2. The van der Waals surface area contributed by atoms with E-state index in [2.05, 4.69) is 5.32 Å². The predicted molar refractivity (Wildman–Crippen MR) is 68.2 cm³/mol. The number of hydrogen-bond donors (Lipinski definition) is 2. The molecule has 3 N–H and O–H groups in total. The molecule has 0 heterocycles. The number of nitrogens with one attached hydrogen (secondary N) is 1. The molecule has 0 aliphatic heterocycles. The number of nitrogens with two attached hydrogens (primary N) is 1. The van der Waals surface area contributed by atoms with Gasteiger partial charge in [0.25, 0.3) is 0 Å². The average Bonchev–Trinajstić information content (AvgIpc) is 2.33. The van der Waals surface area contributed by atoms with Crippen molar-refractivity contribution in [1.82, 2.24) is 5.32 Å². The Morgan fingerprint density at radius 1 is 1.12 bits per heavy atom. The Labute approximate surface area is 100 Å². The molecule has 1 atom stereocenters. The van der Waals surface area contributed by atoms with Crippen LogP contribution in [0.25, 0.3) is 0 Å². The Morgan fingerprint density at radius 3 is 2.53 bits per heavy atom. The standard InChI is InChI=1S/C14H15FN2/c1-17-14(10-5-4-6-11(16)9-10)12-7-2-3-8-13(12)15/h2-9,14,17H,16H2,1H3. The van der Waals surface area contributed by atoms with E-state index in [-0.39, 0.29) is 11.9 Å². The van der Waals surface area contributed by atoms with Crippen molar-refractivity contribution >= 4 is 5.69 Å². The summed E-state index contributed by atoms with van der Waals surface area (Å²) >= 11 is 0. The van der Waals surface area contributed by atoms with Crippen LogP contribution in [-0.2, 0) is 0 Å². The van der Waals surface area contributed by atoms with Crippen molar-refractivity contribution < 1.29 is 4.39 Å². The Hall–Kier alpha value is -1.87. The highest BCUT2D eigenvalue weighted by atomic mass is 19.1. The maximum Gasteiger partial charge on any atom is 0.128 e. The van der Waals surface area contributed by atoms with Crippen molar-refractivity contribution in [2.24, 2.45) is 0 Å². The third-order valence-electron chi connectivity index (χ3n) is 2.75. The van der Waals surface area contributed by atoms with Gasteiger partial charge in [0.15, 0.2) is 0 Å². The first-order chi connectivity index (χ1) is 8.22. The molecule has 88 valence electrons. The maximum absolute atomic E-state index is 13.7. The van der Waals surface area contributed by atoms with Gasteiger partial charge >= 0.3 is 0 Å². The Morgan fingerprint density at radius 2 is 1.88 bits per heavy atom. The first kappa shape index (κ1) is 11.6. The molecule has 17 heavy (non-hydrogen) atoms. The normalized spacial score (nSPS) is 12.4. The summed E-state index contributed by atoms with van der Waals surface area (Å²) in [6, 6.07) is 14.1. The summed E-state index contributed by atoms with van der Waals surface area (Å²) in [5, 5.41) is 3.11. The molecule has 0 saturated carbocycles. The van der Waals surface area contributed by atoms with E-state index in [1.807, 2.05) is 30.3 Å². The van der Waals surface area contributed by atoms with E-state index in [1.165, 1.54) is 6.07 Å². The highest BCUT2D eigenvalue weighted by molar-refractivity contribution is 5.44. The number of rotatable bonds is 3. The summed E-state index contributed by atoms with van der Waals surface area (Å²) in [5.74, 6) is -0.214. The highest BCUT2D eigenvalue weighted by Crippen LogP contribution is 2.25. The lowest BCUT2D eigenvalue weighted by molar-refractivity contribution is 0.576. The van der Waals surface area contributed by atoms with E-state index in [0.717, 1.165) is 5.56 Å². The molecule has 0 aliphatic carbocycles. The summed E-state index contributed by atoms with van der Waals surface area (Å²) in [6.07, 6.45) is 0. The minimum Gasteiger partial charge on any atom is -0.399 e. The van der Waals surface area contributed by atoms with Crippen LogP contribution in [0.5, 0.6) is 0 Å². The summed E-state index contributed by atoms with van der Waals surface area (Å²) in [4.78, 5) is 0. The fraction of sp³-hybridized carbons (Fsp3) is 0.143. The lowest BCUT2D eigenvalue weighted by Crippen LogP contribution is -2.19. The maximum atomic E-state index is 13.7. The topological polar surface area (TPSA) is 38.0 Å². The van der Waals surface area contributed by atoms with Crippen LogP contribution in [0, 0.1) is 5.82 Å². The van der Waals surface area contributed by atoms with Gasteiger partial charge in [-0.3, -0.25) is 0 Å².